The lowest BCUT2D eigenvalue weighted by atomic mass is 10.1. The molecule has 0 heterocycles. The molecule has 0 aromatic heterocycles. The molecular weight excluding hydrogens is 597 g/mol. The van der Waals surface area contributed by atoms with Crippen molar-refractivity contribution in [1.82, 2.24) is 10.2 Å². The normalized spacial score (nSPS) is 12.3. The maximum absolute atomic E-state index is 14.1. The summed E-state index contributed by atoms with van der Waals surface area (Å²) in [6, 6.07) is 14.7. The van der Waals surface area contributed by atoms with E-state index in [4.69, 9.17) is 21.1 Å². The van der Waals surface area contributed by atoms with Crippen molar-refractivity contribution in [2.24, 2.45) is 0 Å². The summed E-state index contributed by atoms with van der Waals surface area (Å²) in [7, 11) is -1.54. The molecule has 1 N–H and O–H groups in total. The Hall–Kier alpha value is -3.83. The Morgan fingerprint density at radius 3 is 2.09 bits per heavy atom. The lowest BCUT2D eigenvalue weighted by Gasteiger charge is -2.34. The zero-order valence-electron chi connectivity index (χ0n) is 25.1. The van der Waals surface area contributed by atoms with E-state index in [0.717, 1.165) is 4.31 Å². The number of nitrogens with zero attached hydrogens (tertiary/aromatic N) is 2. The summed E-state index contributed by atoms with van der Waals surface area (Å²) in [6.45, 7) is 6.53. The maximum atomic E-state index is 14.1. The number of hydrogen-bond acceptors (Lipinski definition) is 6. The SMILES string of the molecule is CCC(C(=O)NC(C)(C)C)N(Cc1ccc(F)cc1)C(=O)CN(c1ccc(Cl)cc1)S(=O)(=O)c1ccc(OC)c(OC)c1. The number of benzene rings is 3. The van der Waals surface area contributed by atoms with E-state index < -0.39 is 45.8 Å². The van der Waals surface area contributed by atoms with Crippen LogP contribution < -0.4 is 19.1 Å². The highest BCUT2D eigenvalue weighted by molar-refractivity contribution is 7.92. The Balaban J connectivity index is 2.10. The van der Waals surface area contributed by atoms with Crippen molar-refractivity contribution in [2.75, 3.05) is 25.1 Å². The van der Waals surface area contributed by atoms with E-state index in [1.807, 2.05) is 20.8 Å². The van der Waals surface area contributed by atoms with Crippen LogP contribution in [-0.4, -0.2) is 57.5 Å². The first-order chi connectivity index (χ1) is 20.2. The van der Waals surface area contributed by atoms with Gasteiger partial charge in [-0.05, 0) is 81.3 Å². The molecule has 1 atom stereocenters. The number of carbonyl (C=O) groups excluding carboxylic acids is 2. The van der Waals surface area contributed by atoms with Gasteiger partial charge in [-0.2, -0.15) is 0 Å². The Bertz CT molecular complexity index is 1530. The van der Waals surface area contributed by atoms with Crippen LogP contribution in [0.25, 0.3) is 0 Å². The van der Waals surface area contributed by atoms with Crippen LogP contribution in [0.1, 0.15) is 39.7 Å². The number of carbonyl (C=O) groups is 2. The second kappa shape index (κ2) is 14.1. The number of amides is 2. The first kappa shape index (κ1) is 33.7. The largest absolute Gasteiger partial charge is 0.493 e. The highest BCUT2D eigenvalue weighted by Crippen LogP contribution is 2.33. The van der Waals surface area contributed by atoms with Crippen LogP contribution >= 0.6 is 11.6 Å². The number of anilines is 1. The van der Waals surface area contributed by atoms with Gasteiger partial charge in [0, 0.05) is 23.2 Å². The van der Waals surface area contributed by atoms with Gasteiger partial charge in [0.1, 0.15) is 18.4 Å². The molecule has 2 amide bonds. The van der Waals surface area contributed by atoms with Crippen molar-refractivity contribution in [3.63, 3.8) is 0 Å². The zero-order valence-corrected chi connectivity index (χ0v) is 26.6. The smallest absolute Gasteiger partial charge is 0.264 e. The van der Waals surface area contributed by atoms with Crippen LogP contribution in [0.3, 0.4) is 0 Å². The van der Waals surface area contributed by atoms with E-state index in [2.05, 4.69) is 5.32 Å². The fourth-order valence-corrected chi connectivity index (χ4v) is 5.96. The van der Waals surface area contributed by atoms with Crippen LogP contribution in [0.5, 0.6) is 11.5 Å². The fraction of sp³-hybridized carbons (Fsp3) is 0.355. The molecule has 3 aromatic rings. The molecule has 0 spiro atoms. The lowest BCUT2D eigenvalue weighted by Crippen LogP contribution is -2.55. The summed E-state index contributed by atoms with van der Waals surface area (Å²) in [5.41, 5.74) is 0.167. The summed E-state index contributed by atoms with van der Waals surface area (Å²) < 4.78 is 53.4. The Morgan fingerprint density at radius 1 is 0.953 bits per heavy atom. The Kier molecular flexibility index (Phi) is 11.0. The molecule has 0 bridgehead atoms. The van der Waals surface area contributed by atoms with Crippen LogP contribution in [0.15, 0.2) is 71.6 Å². The molecule has 0 aliphatic heterocycles. The first-order valence-corrected chi connectivity index (χ1v) is 15.4. The zero-order chi connectivity index (χ0) is 31.9. The van der Waals surface area contributed by atoms with Crippen molar-refractivity contribution < 1.29 is 31.9 Å². The van der Waals surface area contributed by atoms with Gasteiger partial charge in [-0.3, -0.25) is 13.9 Å². The standard InChI is InChI=1S/C31H37ClFN3O6S/c1-7-26(30(38)34-31(2,3)4)35(19-21-8-12-23(33)13-9-21)29(37)20-36(24-14-10-22(32)11-15-24)43(39,40)25-16-17-27(41-5)28(18-25)42-6/h8-18,26H,7,19-20H2,1-6H3,(H,34,38). The number of methoxy groups -OCH3 is 2. The molecule has 9 nitrogen and oxygen atoms in total. The average molecular weight is 634 g/mol. The molecule has 0 radical (unpaired) electrons. The summed E-state index contributed by atoms with van der Waals surface area (Å²) in [4.78, 5) is 28.7. The number of halogens is 2. The highest BCUT2D eigenvalue weighted by atomic mass is 35.5. The lowest BCUT2D eigenvalue weighted by molar-refractivity contribution is -0.141. The summed E-state index contributed by atoms with van der Waals surface area (Å²) >= 11 is 6.08. The van der Waals surface area contributed by atoms with Crippen molar-refractivity contribution in [3.05, 3.63) is 83.1 Å². The Labute approximate surface area is 257 Å². The fourth-order valence-electron chi connectivity index (χ4n) is 4.40. The number of hydrogen-bond donors (Lipinski definition) is 1. The predicted octanol–water partition coefficient (Wildman–Crippen LogP) is 5.41. The number of rotatable bonds is 12. The number of sulfonamides is 1. The molecule has 3 aromatic carbocycles. The van der Waals surface area contributed by atoms with Gasteiger partial charge in [-0.1, -0.05) is 30.7 Å². The average Bonchev–Trinajstić information content (AvgIpc) is 2.95. The van der Waals surface area contributed by atoms with E-state index in [-0.39, 0.29) is 29.3 Å². The molecule has 12 heteroatoms. The van der Waals surface area contributed by atoms with Gasteiger partial charge in [0.2, 0.25) is 11.8 Å². The molecule has 232 valence electrons. The van der Waals surface area contributed by atoms with Gasteiger partial charge in [-0.25, -0.2) is 12.8 Å². The quantitative estimate of drug-likeness (QED) is 0.286. The topological polar surface area (TPSA) is 105 Å². The summed E-state index contributed by atoms with van der Waals surface area (Å²) in [6.07, 6.45) is 0.248. The van der Waals surface area contributed by atoms with Gasteiger partial charge in [0.05, 0.1) is 24.8 Å². The van der Waals surface area contributed by atoms with Gasteiger partial charge in [-0.15, -0.1) is 0 Å². The minimum atomic E-state index is -4.36. The molecular formula is C31H37ClFN3O6S. The van der Waals surface area contributed by atoms with E-state index >= 15 is 0 Å². The second-order valence-corrected chi connectivity index (χ2v) is 13.1. The second-order valence-electron chi connectivity index (χ2n) is 10.8. The summed E-state index contributed by atoms with van der Waals surface area (Å²) in [5.74, 6) is -0.968. The molecule has 1 unspecified atom stereocenters. The third-order valence-electron chi connectivity index (χ3n) is 6.49. The highest BCUT2D eigenvalue weighted by Gasteiger charge is 2.35. The van der Waals surface area contributed by atoms with Crippen molar-refractivity contribution in [2.45, 2.75) is 57.1 Å². The monoisotopic (exact) mass is 633 g/mol. The van der Waals surface area contributed by atoms with Gasteiger partial charge in [0.15, 0.2) is 11.5 Å². The van der Waals surface area contributed by atoms with Crippen LogP contribution in [-0.2, 0) is 26.2 Å². The minimum Gasteiger partial charge on any atom is -0.493 e. The number of ether oxygens (including phenoxy) is 2. The Morgan fingerprint density at radius 2 is 1.56 bits per heavy atom. The van der Waals surface area contributed by atoms with Crippen molar-refractivity contribution in [1.29, 1.82) is 0 Å². The molecule has 3 rings (SSSR count). The molecule has 0 saturated carbocycles. The molecule has 0 aliphatic rings. The van der Waals surface area contributed by atoms with Gasteiger partial charge >= 0.3 is 0 Å². The van der Waals surface area contributed by atoms with E-state index in [0.29, 0.717) is 16.3 Å². The van der Waals surface area contributed by atoms with Crippen LogP contribution in [0.2, 0.25) is 5.02 Å². The number of nitrogens with one attached hydrogen (secondary N) is 1. The minimum absolute atomic E-state index is 0.0555. The van der Waals surface area contributed by atoms with Crippen molar-refractivity contribution in [3.8, 4) is 11.5 Å². The third kappa shape index (κ3) is 8.61. The maximum Gasteiger partial charge on any atom is 0.264 e. The van der Waals surface area contributed by atoms with Crippen molar-refractivity contribution >= 4 is 39.1 Å². The predicted molar refractivity (Wildman–Crippen MR) is 164 cm³/mol. The molecule has 0 saturated heterocycles. The van der Waals surface area contributed by atoms with Crippen LogP contribution in [0, 0.1) is 5.82 Å². The van der Waals surface area contributed by atoms with Gasteiger partial charge < -0.3 is 19.7 Å². The molecule has 0 aliphatic carbocycles. The van der Waals surface area contributed by atoms with E-state index in [9.17, 15) is 22.4 Å². The summed E-state index contributed by atoms with van der Waals surface area (Å²) in [5, 5.41) is 3.28. The third-order valence-corrected chi connectivity index (χ3v) is 8.51. The molecule has 43 heavy (non-hydrogen) atoms. The van der Waals surface area contributed by atoms with Crippen LogP contribution in [0.4, 0.5) is 10.1 Å². The first-order valence-electron chi connectivity index (χ1n) is 13.6. The van der Waals surface area contributed by atoms with E-state index in [1.165, 1.54) is 85.8 Å². The van der Waals surface area contributed by atoms with Gasteiger partial charge in [0.25, 0.3) is 10.0 Å². The van der Waals surface area contributed by atoms with E-state index in [1.54, 1.807) is 6.92 Å². The molecule has 0 fully saturated rings.